The van der Waals surface area contributed by atoms with E-state index in [4.69, 9.17) is 4.89 Å². The van der Waals surface area contributed by atoms with E-state index in [0.717, 1.165) is 0 Å². The fraction of sp³-hybridized carbons (Fsp3) is 0.125. The van der Waals surface area contributed by atoms with Crippen molar-refractivity contribution >= 4 is 48.7 Å². The van der Waals surface area contributed by atoms with Crippen molar-refractivity contribution < 1.29 is 14.3 Å². The first-order chi connectivity index (χ1) is 5.61. The molecule has 1 N–H and O–H groups in total. The van der Waals surface area contributed by atoms with E-state index in [-0.39, 0.29) is 35.3 Å². The summed E-state index contributed by atoms with van der Waals surface area (Å²) in [5.41, 5.74) is 0.557. The van der Waals surface area contributed by atoms with Crippen LogP contribution >= 0.6 is 8.03 Å². The molecule has 0 fully saturated rings. The first kappa shape index (κ1) is 13.1. The van der Waals surface area contributed by atoms with E-state index in [2.05, 4.69) is 0 Å². The topological polar surface area (TPSA) is 54.4 Å². The summed E-state index contributed by atoms with van der Waals surface area (Å²) in [6.07, 6.45) is 0. The second-order valence-corrected chi connectivity index (χ2v) is 3.63. The molecular formula is C8H10NaO3P. The quantitative estimate of drug-likeness (QED) is 0.433. The summed E-state index contributed by atoms with van der Waals surface area (Å²) in [6.45, 7) is 1.46. The van der Waals surface area contributed by atoms with Gasteiger partial charge in [0, 0.05) is 10.9 Å². The van der Waals surface area contributed by atoms with Crippen LogP contribution in [0.3, 0.4) is 0 Å². The van der Waals surface area contributed by atoms with Gasteiger partial charge >= 0.3 is 29.6 Å². The normalized spacial score (nSPS) is 11.5. The molecule has 0 bridgehead atoms. The molecule has 1 rings (SSSR count). The standard InChI is InChI=1S/C8H9O3P.Na.H/c1-6(9)7-2-4-8(5-3-7)12(10)11;;/h2-5,12H,1H3,(H,10,11);;. The van der Waals surface area contributed by atoms with Crippen LogP contribution in [0.5, 0.6) is 0 Å². The molecule has 1 atom stereocenters. The van der Waals surface area contributed by atoms with Crippen LogP contribution in [0.1, 0.15) is 17.3 Å². The van der Waals surface area contributed by atoms with Gasteiger partial charge in [0.15, 0.2) is 5.78 Å². The maximum atomic E-state index is 10.8. The Morgan fingerprint density at radius 3 is 2.08 bits per heavy atom. The van der Waals surface area contributed by atoms with Gasteiger partial charge in [-0.05, 0) is 19.1 Å². The number of rotatable bonds is 2. The zero-order valence-corrected chi connectivity index (χ0v) is 7.57. The SMILES string of the molecule is CC(=O)c1ccc([PH](=O)O)cc1.[NaH]. The zero-order chi connectivity index (χ0) is 9.14. The fourth-order valence-corrected chi connectivity index (χ4v) is 1.30. The van der Waals surface area contributed by atoms with Gasteiger partial charge in [-0.3, -0.25) is 9.36 Å². The van der Waals surface area contributed by atoms with Crippen molar-refractivity contribution in [2.24, 2.45) is 0 Å². The molecule has 0 heterocycles. The molecule has 66 valence electrons. The number of hydrogen-bond acceptors (Lipinski definition) is 2. The van der Waals surface area contributed by atoms with Gasteiger partial charge < -0.3 is 4.89 Å². The van der Waals surface area contributed by atoms with Gasteiger partial charge in [-0.2, -0.15) is 0 Å². The van der Waals surface area contributed by atoms with Crippen LogP contribution in [-0.4, -0.2) is 40.2 Å². The third-order valence-corrected chi connectivity index (χ3v) is 2.37. The van der Waals surface area contributed by atoms with E-state index in [1.807, 2.05) is 0 Å². The molecule has 0 aliphatic heterocycles. The number of Topliss-reactive ketones (excluding diaryl/α,β-unsaturated/α-hetero) is 1. The maximum absolute atomic E-state index is 10.8. The summed E-state index contributed by atoms with van der Waals surface area (Å²) in [6, 6.07) is 6.10. The summed E-state index contributed by atoms with van der Waals surface area (Å²) < 4.78 is 10.6. The molecule has 0 radical (unpaired) electrons. The Kier molecular flexibility index (Phi) is 5.77. The molecule has 13 heavy (non-hydrogen) atoms. The molecule has 1 aromatic rings. The first-order valence-electron chi connectivity index (χ1n) is 3.45. The molecule has 5 heteroatoms. The Labute approximate surface area is 99.3 Å². The average molecular weight is 208 g/mol. The van der Waals surface area contributed by atoms with Crippen LogP contribution < -0.4 is 5.30 Å². The summed E-state index contributed by atoms with van der Waals surface area (Å²) in [5.74, 6) is -0.0424. The predicted octanol–water partition coefficient (Wildman–Crippen LogP) is 0.333. The van der Waals surface area contributed by atoms with Gasteiger partial charge in [-0.25, -0.2) is 0 Å². The summed E-state index contributed by atoms with van der Waals surface area (Å²) in [7, 11) is -2.62. The van der Waals surface area contributed by atoms with Gasteiger partial charge in [-0.15, -0.1) is 0 Å². The zero-order valence-electron chi connectivity index (χ0n) is 6.57. The predicted molar refractivity (Wildman–Crippen MR) is 54.4 cm³/mol. The van der Waals surface area contributed by atoms with E-state index in [9.17, 15) is 9.36 Å². The Balaban J connectivity index is 0.00000144. The van der Waals surface area contributed by atoms with Crippen molar-refractivity contribution in [3.8, 4) is 0 Å². The number of hydrogen-bond donors (Lipinski definition) is 1. The minimum atomic E-state index is -2.62. The van der Waals surface area contributed by atoms with Gasteiger partial charge in [0.25, 0.3) is 0 Å². The first-order valence-corrected chi connectivity index (χ1v) is 4.81. The fourth-order valence-electron chi connectivity index (χ4n) is 0.848. The average Bonchev–Trinajstić information content (AvgIpc) is 2.04. The van der Waals surface area contributed by atoms with Gasteiger partial charge in [-0.1, -0.05) is 12.1 Å². The van der Waals surface area contributed by atoms with E-state index in [0.29, 0.717) is 10.9 Å². The molecule has 0 aliphatic carbocycles. The molecule has 3 nitrogen and oxygen atoms in total. The molecule has 0 spiro atoms. The van der Waals surface area contributed by atoms with Gasteiger partial charge in [0.2, 0.25) is 8.03 Å². The van der Waals surface area contributed by atoms with Crippen LogP contribution in [-0.2, 0) is 4.57 Å². The molecule has 0 saturated heterocycles. The second kappa shape index (κ2) is 5.74. The van der Waals surface area contributed by atoms with E-state index in [1.54, 1.807) is 12.1 Å². The van der Waals surface area contributed by atoms with E-state index >= 15 is 0 Å². The van der Waals surface area contributed by atoms with Gasteiger partial charge in [0.1, 0.15) is 0 Å². The third kappa shape index (κ3) is 3.75. The minimum absolute atomic E-state index is 0. The van der Waals surface area contributed by atoms with Crippen LogP contribution in [0.2, 0.25) is 0 Å². The number of carbonyl (C=O) groups is 1. The monoisotopic (exact) mass is 208 g/mol. The van der Waals surface area contributed by atoms with Crippen molar-refractivity contribution in [1.82, 2.24) is 0 Å². The molecule has 1 unspecified atom stereocenters. The summed E-state index contributed by atoms with van der Waals surface area (Å²) >= 11 is 0. The van der Waals surface area contributed by atoms with Crippen LogP contribution in [0.25, 0.3) is 0 Å². The van der Waals surface area contributed by atoms with Crippen molar-refractivity contribution in [3.63, 3.8) is 0 Å². The van der Waals surface area contributed by atoms with Gasteiger partial charge in [0.05, 0.1) is 0 Å². The van der Waals surface area contributed by atoms with Crippen LogP contribution in [0.15, 0.2) is 24.3 Å². The molecule has 1 aromatic carbocycles. The summed E-state index contributed by atoms with van der Waals surface area (Å²) in [4.78, 5) is 19.5. The Morgan fingerprint density at radius 2 is 1.77 bits per heavy atom. The van der Waals surface area contributed by atoms with Crippen LogP contribution in [0, 0.1) is 0 Å². The number of benzene rings is 1. The van der Waals surface area contributed by atoms with E-state index in [1.165, 1.54) is 19.1 Å². The van der Waals surface area contributed by atoms with Crippen molar-refractivity contribution in [2.75, 3.05) is 0 Å². The second-order valence-electron chi connectivity index (χ2n) is 2.44. The molecule has 0 saturated carbocycles. The van der Waals surface area contributed by atoms with Crippen molar-refractivity contribution in [3.05, 3.63) is 29.8 Å². The number of ketones is 1. The van der Waals surface area contributed by atoms with E-state index < -0.39 is 8.03 Å². The number of carbonyl (C=O) groups excluding carboxylic acids is 1. The molecule has 0 aliphatic rings. The molecule has 0 amide bonds. The van der Waals surface area contributed by atoms with Crippen molar-refractivity contribution in [2.45, 2.75) is 6.92 Å². The Hall–Kier alpha value is 0.0800. The Morgan fingerprint density at radius 1 is 1.31 bits per heavy atom. The Bertz CT molecular complexity index is 288. The summed E-state index contributed by atoms with van der Waals surface area (Å²) in [5, 5.41) is 0.380. The van der Waals surface area contributed by atoms with Crippen LogP contribution in [0.4, 0.5) is 0 Å². The third-order valence-electron chi connectivity index (χ3n) is 1.54. The molecular weight excluding hydrogens is 198 g/mol. The van der Waals surface area contributed by atoms with Crippen molar-refractivity contribution in [1.29, 1.82) is 0 Å². The molecule has 0 aromatic heterocycles.